The van der Waals surface area contributed by atoms with Gasteiger partial charge in [-0.3, -0.25) is 4.79 Å². The molecule has 0 amide bonds. The number of hydrogen-bond acceptors (Lipinski definition) is 5. The molecule has 0 atom stereocenters. The van der Waals surface area contributed by atoms with E-state index in [1.165, 1.54) is 0 Å². The molecule has 0 fully saturated rings. The number of alkyl halides is 1. The second-order valence-corrected chi connectivity index (χ2v) is 7.24. The van der Waals surface area contributed by atoms with Crippen molar-refractivity contribution in [1.29, 1.82) is 0 Å². The van der Waals surface area contributed by atoms with Gasteiger partial charge in [0.05, 0.1) is 22.8 Å². The van der Waals surface area contributed by atoms with Gasteiger partial charge in [0.25, 0.3) is 5.56 Å². The molecule has 4 aromatic rings. The van der Waals surface area contributed by atoms with Gasteiger partial charge in [0.2, 0.25) is 5.88 Å². The highest BCUT2D eigenvalue weighted by Crippen LogP contribution is 2.32. The van der Waals surface area contributed by atoms with Crippen LogP contribution >= 0.6 is 11.6 Å². The Bertz CT molecular complexity index is 1250. The molecule has 154 valence electrons. The summed E-state index contributed by atoms with van der Waals surface area (Å²) < 4.78 is 7.85. The smallest absolute Gasteiger partial charge is 0.272 e. The molecule has 2 aromatic heterocycles. The zero-order chi connectivity index (χ0) is 21.1. The maximum atomic E-state index is 12.2. The molecule has 2 heterocycles. The van der Waals surface area contributed by atoms with Gasteiger partial charge in [-0.2, -0.15) is 10.2 Å². The third kappa shape index (κ3) is 3.81. The molecule has 2 aromatic carbocycles. The first-order valence-electron chi connectivity index (χ1n) is 9.56. The molecule has 0 unspecified atom stereocenters. The number of hydrogen-bond donors (Lipinski definition) is 2. The molecule has 30 heavy (non-hydrogen) atoms. The van der Waals surface area contributed by atoms with E-state index in [4.69, 9.17) is 16.3 Å². The van der Waals surface area contributed by atoms with E-state index in [-0.39, 0.29) is 5.56 Å². The van der Waals surface area contributed by atoms with Crippen molar-refractivity contribution < 1.29 is 4.74 Å². The average molecular weight is 424 g/mol. The van der Waals surface area contributed by atoms with Gasteiger partial charge in [-0.15, -0.1) is 11.6 Å². The van der Waals surface area contributed by atoms with Crippen LogP contribution in [0.5, 0.6) is 5.88 Å². The van der Waals surface area contributed by atoms with E-state index in [0.29, 0.717) is 30.3 Å². The van der Waals surface area contributed by atoms with Crippen LogP contribution in [0.1, 0.15) is 16.8 Å². The van der Waals surface area contributed by atoms with Crippen molar-refractivity contribution in [3.63, 3.8) is 0 Å². The Balaban J connectivity index is 1.72. The molecule has 0 bridgehead atoms. The quantitative estimate of drug-likeness (QED) is 0.445. The molecule has 0 saturated carbocycles. The second-order valence-electron chi connectivity index (χ2n) is 6.97. The van der Waals surface area contributed by atoms with Gasteiger partial charge in [-0.25, -0.2) is 9.78 Å². The summed E-state index contributed by atoms with van der Waals surface area (Å²) in [5.41, 5.74) is 4.38. The van der Waals surface area contributed by atoms with Crippen molar-refractivity contribution in [3.05, 3.63) is 75.8 Å². The Morgan fingerprint density at radius 2 is 1.97 bits per heavy atom. The van der Waals surface area contributed by atoms with Crippen molar-refractivity contribution in [1.82, 2.24) is 25.3 Å². The molecule has 0 spiro atoms. The Morgan fingerprint density at radius 3 is 2.73 bits per heavy atom. The largest absolute Gasteiger partial charge is 0.473 e. The molecular formula is C22H22ClN5O2. The topological polar surface area (TPSA) is 84.8 Å². The summed E-state index contributed by atoms with van der Waals surface area (Å²) in [6.45, 7) is 0.928. The maximum Gasteiger partial charge on any atom is 0.272 e. The summed E-state index contributed by atoms with van der Waals surface area (Å²) in [6.07, 6.45) is 1.77. The molecule has 7 nitrogen and oxygen atoms in total. The summed E-state index contributed by atoms with van der Waals surface area (Å²) in [5, 5.41) is 15.6. The van der Waals surface area contributed by atoms with Crippen molar-refractivity contribution >= 4 is 22.4 Å². The van der Waals surface area contributed by atoms with Gasteiger partial charge >= 0.3 is 0 Å². The number of aromatic amines is 1. The second kappa shape index (κ2) is 8.69. The third-order valence-corrected chi connectivity index (χ3v) is 5.32. The fraction of sp³-hybridized carbons (Fsp3) is 0.227. The highest BCUT2D eigenvalue weighted by atomic mass is 35.5. The predicted molar refractivity (Wildman–Crippen MR) is 118 cm³/mol. The lowest BCUT2D eigenvalue weighted by Crippen LogP contribution is -2.15. The van der Waals surface area contributed by atoms with Gasteiger partial charge in [0, 0.05) is 24.9 Å². The molecule has 2 N–H and O–H groups in total. The van der Waals surface area contributed by atoms with Gasteiger partial charge in [0.1, 0.15) is 6.61 Å². The van der Waals surface area contributed by atoms with Crippen LogP contribution in [0.4, 0.5) is 0 Å². The van der Waals surface area contributed by atoms with Gasteiger partial charge in [0.15, 0.2) is 0 Å². The summed E-state index contributed by atoms with van der Waals surface area (Å²) in [4.78, 5) is 12.2. The Labute approximate surface area is 178 Å². The molecule has 0 radical (unpaired) electrons. The molecule has 8 heteroatoms. The molecule has 4 rings (SSSR count). The summed E-state index contributed by atoms with van der Waals surface area (Å²) in [5.74, 6) is 1.07. The molecule has 0 aliphatic carbocycles. The van der Waals surface area contributed by atoms with Crippen LogP contribution in [0.2, 0.25) is 0 Å². The molecule has 0 aliphatic heterocycles. The number of rotatable bonds is 7. The monoisotopic (exact) mass is 423 g/mol. The number of nitrogens with zero attached hydrogens (tertiary/aromatic N) is 3. The highest BCUT2D eigenvalue weighted by molar-refractivity contribution is 6.17. The van der Waals surface area contributed by atoms with Gasteiger partial charge in [-0.1, -0.05) is 30.3 Å². The van der Waals surface area contributed by atoms with Crippen molar-refractivity contribution in [2.24, 2.45) is 7.05 Å². The number of aromatic nitrogens is 4. The number of ether oxygens (including phenoxy) is 1. The standard InChI is InChI=1S/C22H22ClN5O2/c1-24-12-20-18-9-14(7-8-17(18)21(29)27-26-20)19-11-25-28(2)22(19)30-13-16-6-4-3-5-15(16)10-23/h3-9,11,24H,10,12-13H2,1-2H3,(H,27,29). The van der Waals surface area contributed by atoms with Crippen molar-refractivity contribution in [2.45, 2.75) is 19.0 Å². The number of aryl methyl sites for hydroxylation is 1. The van der Waals surface area contributed by atoms with E-state index in [1.807, 2.05) is 56.6 Å². The lowest BCUT2D eigenvalue weighted by atomic mass is 10.0. The number of H-pyrrole nitrogens is 1. The normalized spacial score (nSPS) is 11.2. The van der Waals surface area contributed by atoms with E-state index in [1.54, 1.807) is 10.9 Å². The molecule has 0 aliphatic rings. The summed E-state index contributed by atoms with van der Waals surface area (Å²) in [7, 11) is 3.68. The van der Waals surface area contributed by atoms with E-state index < -0.39 is 0 Å². The number of nitrogens with one attached hydrogen (secondary N) is 2. The minimum atomic E-state index is -0.211. The van der Waals surface area contributed by atoms with Crippen LogP contribution < -0.4 is 15.6 Å². The van der Waals surface area contributed by atoms with E-state index in [2.05, 4.69) is 20.6 Å². The van der Waals surface area contributed by atoms with Crippen LogP contribution in [0, 0.1) is 0 Å². The number of benzene rings is 2. The van der Waals surface area contributed by atoms with Crippen LogP contribution in [0.25, 0.3) is 21.9 Å². The van der Waals surface area contributed by atoms with Crippen LogP contribution in [-0.2, 0) is 26.1 Å². The first-order chi connectivity index (χ1) is 14.6. The van der Waals surface area contributed by atoms with Crippen LogP contribution in [0.15, 0.2) is 53.5 Å². The van der Waals surface area contributed by atoms with E-state index in [9.17, 15) is 4.79 Å². The lowest BCUT2D eigenvalue weighted by molar-refractivity contribution is 0.279. The van der Waals surface area contributed by atoms with Gasteiger partial charge in [-0.05, 0) is 35.9 Å². The molecular weight excluding hydrogens is 402 g/mol. The van der Waals surface area contributed by atoms with Crippen LogP contribution in [-0.4, -0.2) is 27.0 Å². The highest BCUT2D eigenvalue weighted by Gasteiger charge is 2.15. The Hall–Kier alpha value is -3.16. The summed E-state index contributed by atoms with van der Waals surface area (Å²) in [6, 6.07) is 13.6. The summed E-state index contributed by atoms with van der Waals surface area (Å²) >= 11 is 6.05. The minimum Gasteiger partial charge on any atom is -0.473 e. The predicted octanol–water partition coefficient (Wildman–Crippen LogP) is 3.36. The van der Waals surface area contributed by atoms with E-state index >= 15 is 0 Å². The minimum absolute atomic E-state index is 0.211. The lowest BCUT2D eigenvalue weighted by Gasteiger charge is -2.12. The zero-order valence-electron chi connectivity index (χ0n) is 16.8. The van der Waals surface area contributed by atoms with Gasteiger partial charge < -0.3 is 10.1 Å². The van der Waals surface area contributed by atoms with Crippen LogP contribution in [0.3, 0.4) is 0 Å². The number of fused-ring (bicyclic) bond motifs is 1. The maximum absolute atomic E-state index is 12.2. The van der Waals surface area contributed by atoms with E-state index in [0.717, 1.165) is 33.3 Å². The zero-order valence-corrected chi connectivity index (χ0v) is 17.5. The Kier molecular flexibility index (Phi) is 5.83. The first-order valence-corrected chi connectivity index (χ1v) is 10.1. The fourth-order valence-electron chi connectivity index (χ4n) is 3.46. The SMILES string of the molecule is CNCc1n[nH]c(=O)c2ccc(-c3cnn(C)c3OCc3ccccc3CCl)cc12. The van der Waals surface area contributed by atoms with Crippen molar-refractivity contribution in [3.8, 4) is 17.0 Å². The number of halogens is 1. The van der Waals surface area contributed by atoms with Crippen molar-refractivity contribution in [2.75, 3.05) is 7.05 Å². The third-order valence-electron chi connectivity index (χ3n) is 5.03. The fourth-order valence-corrected chi connectivity index (χ4v) is 3.72. The Morgan fingerprint density at radius 1 is 1.17 bits per heavy atom. The molecule has 0 saturated heterocycles. The first kappa shape index (κ1) is 20.1. The average Bonchev–Trinajstić information content (AvgIpc) is 3.14.